The fourth-order valence-corrected chi connectivity index (χ4v) is 3.98. The van der Waals surface area contributed by atoms with Crippen molar-refractivity contribution >= 4 is 21.9 Å². The minimum absolute atomic E-state index is 0.541. The zero-order chi connectivity index (χ0) is 21.4. The molecule has 5 rings (SSSR count). The maximum Gasteiger partial charge on any atom is 0.203 e. The van der Waals surface area contributed by atoms with Gasteiger partial charge in [0, 0.05) is 23.4 Å². The highest BCUT2D eigenvalue weighted by atomic mass is 16.5. The number of ether oxygens (including phenoxy) is 3. The molecule has 0 N–H and O–H groups in total. The number of hydrogen-bond acceptors (Lipinski definition) is 5. The quantitative estimate of drug-likeness (QED) is 0.338. The largest absolute Gasteiger partial charge is 0.493 e. The Morgan fingerprint density at radius 3 is 2.23 bits per heavy atom. The fraction of sp³-hybridized carbons (Fsp3) is 0.115. The highest BCUT2D eigenvalue weighted by molar-refractivity contribution is 6.03. The van der Waals surface area contributed by atoms with Crippen LogP contribution in [0.1, 0.15) is 0 Å². The molecule has 0 bridgehead atoms. The second-order valence-corrected chi connectivity index (χ2v) is 7.12. The van der Waals surface area contributed by atoms with Crippen molar-refractivity contribution in [2.45, 2.75) is 0 Å². The van der Waals surface area contributed by atoms with Gasteiger partial charge < -0.3 is 18.6 Å². The molecule has 0 fully saturated rings. The van der Waals surface area contributed by atoms with Crippen LogP contribution in [-0.2, 0) is 0 Å². The summed E-state index contributed by atoms with van der Waals surface area (Å²) in [5.74, 6) is 2.35. The second kappa shape index (κ2) is 7.69. The number of rotatable bonds is 5. The van der Waals surface area contributed by atoms with Crippen molar-refractivity contribution in [2.24, 2.45) is 0 Å². The van der Waals surface area contributed by atoms with E-state index in [0.29, 0.717) is 23.0 Å². The number of pyridine rings is 1. The van der Waals surface area contributed by atoms with Gasteiger partial charge in [0.15, 0.2) is 17.1 Å². The summed E-state index contributed by atoms with van der Waals surface area (Å²) < 4.78 is 22.8. The summed E-state index contributed by atoms with van der Waals surface area (Å²) >= 11 is 0. The molecule has 154 valence electrons. The minimum atomic E-state index is 0.541. The normalized spacial score (nSPS) is 11.1. The SMILES string of the molecule is COc1cc(-c2cc3nccc(-c4cccc5ccccc45)c3o2)cc(OC)c1OC. The zero-order valence-electron chi connectivity index (χ0n) is 17.5. The molecule has 0 aliphatic rings. The van der Waals surface area contributed by atoms with Crippen LogP contribution in [0.2, 0.25) is 0 Å². The van der Waals surface area contributed by atoms with E-state index in [0.717, 1.165) is 27.8 Å². The molecule has 0 atom stereocenters. The molecule has 0 amide bonds. The lowest BCUT2D eigenvalue weighted by atomic mass is 9.98. The molecule has 0 unspecified atom stereocenters. The van der Waals surface area contributed by atoms with Crippen molar-refractivity contribution in [1.29, 1.82) is 0 Å². The van der Waals surface area contributed by atoms with Gasteiger partial charge in [0.25, 0.3) is 0 Å². The van der Waals surface area contributed by atoms with Gasteiger partial charge in [-0.05, 0) is 34.5 Å². The number of nitrogens with zero attached hydrogens (tertiary/aromatic N) is 1. The van der Waals surface area contributed by atoms with Gasteiger partial charge in [0.2, 0.25) is 5.75 Å². The highest BCUT2D eigenvalue weighted by Gasteiger charge is 2.18. The van der Waals surface area contributed by atoms with Crippen LogP contribution in [0.3, 0.4) is 0 Å². The molecule has 2 heterocycles. The monoisotopic (exact) mass is 411 g/mol. The third kappa shape index (κ3) is 3.15. The van der Waals surface area contributed by atoms with E-state index in [4.69, 9.17) is 18.6 Å². The third-order valence-electron chi connectivity index (χ3n) is 5.44. The lowest BCUT2D eigenvalue weighted by molar-refractivity contribution is 0.324. The van der Waals surface area contributed by atoms with Gasteiger partial charge in [-0.25, -0.2) is 0 Å². The Kier molecular flexibility index (Phi) is 4.71. The molecule has 0 saturated heterocycles. The van der Waals surface area contributed by atoms with Crippen molar-refractivity contribution in [3.63, 3.8) is 0 Å². The number of methoxy groups -OCH3 is 3. The van der Waals surface area contributed by atoms with Gasteiger partial charge in [-0.15, -0.1) is 0 Å². The van der Waals surface area contributed by atoms with Crippen LogP contribution in [0, 0.1) is 0 Å². The molecule has 0 aliphatic carbocycles. The zero-order valence-corrected chi connectivity index (χ0v) is 17.5. The fourth-order valence-electron chi connectivity index (χ4n) is 3.98. The number of benzene rings is 3. The molecule has 5 aromatic rings. The first-order chi connectivity index (χ1) is 15.2. The van der Waals surface area contributed by atoms with E-state index < -0.39 is 0 Å². The summed E-state index contributed by atoms with van der Waals surface area (Å²) in [7, 11) is 4.78. The van der Waals surface area contributed by atoms with Gasteiger partial charge in [-0.2, -0.15) is 0 Å². The van der Waals surface area contributed by atoms with Crippen molar-refractivity contribution in [3.8, 4) is 39.7 Å². The van der Waals surface area contributed by atoms with Gasteiger partial charge in [0.1, 0.15) is 11.3 Å². The van der Waals surface area contributed by atoms with Crippen LogP contribution in [0.5, 0.6) is 17.2 Å². The predicted molar refractivity (Wildman–Crippen MR) is 122 cm³/mol. The second-order valence-electron chi connectivity index (χ2n) is 7.12. The van der Waals surface area contributed by atoms with Crippen molar-refractivity contribution in [2.75, 3.05) is 21.3 Å². The van der Waals surface area contributed by atoms with Gasteiger partial charge >= 0.3 is 0 Å². The summed E-state index contributed by atoms with van der Waals surface area (Å²) in [5.41, 5.74) is 4.45. The lowest BCUT2D eigenvalue weighted by Gasteiger charge is -2.13. The van der Waals surface area contributed by atoms with E-state index >= 15 is 0 Å². The Balaban J connectivity index is 1.71. The molecule has 3 aromatic carbocycles. The average Bonchev–Trinajstić information content (AvgIpc) is 3.27. The molecule has 5 heteroatoms. The summed E-state index contributed by atoms with van der Waals surface area (Å²) in [6.45, 7) is 0. The molecule has 0 saturated carbocycles. The van der Waals surface area contributed by atoms with Crippen LogP contribution in [0.25, 0.3) is 44.3 Å². The molecule has 0 radical (unpaired) electrons. The number of aromatic nitrogens is 1. The first-order valence-electron chi connectivity index (χ1n) is 9.90. The first kappa shape index (κ1) is 19.0. The summed E-state index contributed by atoms with van der Waals surface area (Å²) in [6.07, 6.45) is 1.81. The van der Waals surface area contributed by atoms with Crippen molar-refractivity contribution in [3.05, 3.63) is 72.9 Å². The van der Waals surface area contributed by atoms with E-state index in [1.54, 1.807) is 21.3 Å². The average molecular weight is 411 g/mol. The molecule has 0 spiro atoms. The van der Waals surface area contributed by atoms with Crippen molar-refractivity contribution in [1.82, 2.24) is 4.98 Å². The lowest BCUT2D eigenvalue weighted by Crippen LogP contribution is -1.95. The molecule has 2 aromatic heterocycles. The Labute approximate surface area is 179 Å². The molecule has 0 aliphatic heterocycles. The van der Waals surface area contributed by atoms with Crippen LogP contribution < -0.4 is 14.2 Å². The molecule has 5 nitrogen and oxygen atoms in total. The first-order valence-corrected chi connectivity index (χ1v) is 9.90. The van der Waals surface area contributed by atoms with Crippen LogP contribution in [0.4, 0.5) is 0 Å². The predicted octanol–water partition coefficient (Wildman–Crippen LogP) is 6.34. The number of fused-ring (bicyclic) bond motifs is 2. The highest BCUT2D eigenvalue weighted by Crippen LogP contribution is 2.43. The Hall–Kier alpha value is -3.99. The Morgan fingerprint density at radius 2 is 1.48 bits per heavy atom. The summed E-state index contributed by atoms with van der Waals surface area (Å²) in [6, 6.07) is 22.3. The third-order valence-corrected chi connectivity index (χ3v) is 5.44. The van der Waals surface area contributed by atoms with E-state index in [2.05, 4.69) is 35.3 Å². The van der Waals surface area contributed by atoms with Crippen molar-refractivity contribution < 1.29 is 18.6 Å². The van der Waals surface area contributed by atoms with E-state index in [-0.39, 0.29) is 0 Å². The van der Waals surface area contributed by atoms with E-state index in [1.165, 1.54) is 10.8 Å². The van der Waals surface area contributed by atoms with E-state index in [1.807, 2.05) is 42.6 Å². The minimum Gasteiger partial charge on any atom is -0.493 e. The topological polar surface area (TPSA) is 53.7 Å². The maximum atomic E-state index is 6.35. The Bertz CT molecular complexity index is 1370. The molecule has 31 heavy (non-hydrogen) atoms. The van der Waals surface area contributed by atoms with Gasteiger partial charge in [0.05, 0.1) is 21.3 Å². The van der Waals surface area contributed by atoms with E-state index in [9.17, 15) is 0 Å². The van der Waals surface area contributed by atoms with Crippen LogP contribution in [-0.4, -0.2) is 26.3 Å². The van der Waals surface area contributed by atoms with Gasteiger partial charge in [-0.3, -0.25) is 4.98 Å². The maximum absolute atomic E-state index is 6.35. The smallest absolute Gasteiger partial charge is 0.203 e. The van der Waals surface area contributed by atoms with Crippen LogP contribution in [0.15, 0.2) is 77.3 Å². The summed E-state index contributed by atoms with van der Waals surface area (Å²) in [4.78, 5) is 4.53. The molecular formula is C26H21NO4. The summed E-state index contributed by atoms with van der Waals surface area (Å²) in [5, 5.41) is 2.35. The standard InChI is InChI=1S/C26H21NO4/c1-28-23-13-17(14-24(29-2)26(23)30-3)22-15-21-25(31-22)20(11-12-27-21)19-10-6-8-16-7-4-5-9-18(16)19/h4-15H,1-3H3. The van der Waals surface area contributed by atoms with Gasteiger partial charge in [-0.1, -0.05) is 42.5 Å². The Morgan fingerprint density at radius 1 is 0.742 bits per heavy atom. The molecular weight excluding hydrogens is 390 g/mol. The number of furan rings is 1. The number of hydrogen-bond donors (Lipinski definition) is 0. The van der Waals surface area contributed by atoms with Crippen LogP contribution >= 0.6 is 0 Å².